The topological polar surface area (TPSA) is 146 Å². The number of hydrogen-bond donors (Lipinski definition) is 2. The first-order valence-corrected chi connectivity index (χ1v) is 16.8. The minimum absolute atomic E-state index is 0.00105. The number of fused-ring (bicyclic) bond motifs is 6. The summed E-state index contributed by atoms with van der Waals surface area (Å²) in [6.45, 7) is 3.83. The van der Waals surface area contributed by atoms with Crippen LogP contribution in [0.3, 0.4) is 0 Å². The van der Waals surface area contributed by atoms with Crippen molar-refractivity contribution in [3.05, 3.63) is 89.0 Å². The van der Waals surface area contributed by atoms with E-state index in [9.17, 15) is 23.6 Å². The highest BCUT2D eigenvalue weighted by Crippen LogP contribution is 2.28. The molecule has 0 aliphatic carbocycles. The van der Waals surface area contributed by atoms with E-state index in [1.807, 2.05) is 38.1 Å². The lowest BCUT2D eigenvalue weighted by atomic mass is 10.0. The predicted octanol–water partition coefficient (Wildman–Crippen LogP) is 3.88. The first-order valence-electron chi connectivity index (χ1n) is 16.8. The molecular weight excluding hydrogens is 659 g/mol. The molecule has 51 heavy (non-hydrogen) atoms. The maximum absolute atomic E-state index is 14.8. The van der Waals surface area contributed by atoms with Crippen LogP contribution < -0.4 is 10.1 Å². The number of nitrogens with zero attached hydrogens (tertiary/aromatic N) is 4. The van der Waals surface area contributed by atoms with Gasteiger partial charge in [0.1, 0.15) is 36.4 Å². The molecule has 2 aliphatic rings. The number of imidazole rings is 1. The number of likely N-dealkylation sites (tertiary alicyclic amines) is 1. The molecule has 0 spiro atoms. The third-order valence-electron chi connectivity index (χ3n) is 9.00. The van der Waals surface area contributed by atoms with E-state index in [0.29, 0.717) is 24.4 Å². The van der Waals surface area contributed by atoms with E-state index in [4.69, 9.17) is 14.2 Å². The number of para-hydroxylation sites is 2. The molecule has 4 aromatic rings. The standard InChI is InChI=1S/C37H41FN6O7/c1-22(2)43(4)37(48)25-13-24-14-28(15-25)51-27-12-23(11-26(38)16-27)19-50-32-9-10-44(17-31(32)41-34(45)18-42(3)36(24)47)35(46)21-49-20-33-39-29-7-5-6-8-30(29)40-33/h5-8,11-16,22,31-32H,9-10,17-21H2,1-4H3,(H,39,40)(H,41,45)/t31-,32+/m1/s1. The molecule has 0 saturated carbocycles. The smallest absolute Gasteiger partial charge is 0.254 e. The maximum atomic E-state index is 14.8. The van der Waals surface area contributed by atoms with Gasteiger partial charge in [-0.3, -0.25) is 19.2 Å². The number of H-pyrrole nitrogens is 1. The summed E-state index contributed by atoms with van der Waals surface area (Å²) < 4.78 is 32.8. The Morgan fingerprint density at radius 1 is 1.10 bits per heavy atom. The Labute approximate surface area is 294 Å². The van der Waals surface area contributed by atoms with Crippen LogP contribution in [0.5, 0.6) is 11.5 Å². The minimum atomic E-state index is -0.634. The van der Waals surface area contributed by atoms with Gasteiger partial charge in [-0.15, -0.1) is 0 Å². The van der Waals surface area contributed by atoms with Gasteiger partial charge in [-0.25, -0.2) is 9.37 Å². The van der Waals surface area contributed by atoms with Crippen LogP contribution in [0.2, 0.25) is 0 Å². The molecular formula is C37H41FN6O7. The quantitative estimate of drug-likeness (QED) is 0.308. The second-order valence-electron chi connectivity index (χ2n) is 13.2. The second kappa shape index (κ2) is 15.3. The molecule has 14 heteroatoms. The van der Waals surface area contributed by atoms with Crippen LogP contribution in [0.4, 0.5) is 4.39 Å². The Kier molecular flexibility index (Phi) is 10.6. The summed E-state index contributed by atoms with van der Waals surface area (Å²) in [6, 6.07) is 15.4. The van der Waals surface area contributed by atoms with E-state index in [1.54, 1.807) is 18.0 Å². The van der Waals surface area contributed by atoms with Gasteiger partial charge in [-0.05, 0) is 68.3 Å². The number of piperidine rings is 1. The number of rotatable bonds is 6. The van der Waals surface area contributed by atoms with Crippen molar-refractivity contribution in [2.24, 2.45) is 0 Å². The Morgan fingerprint density at radius 2 is 1.88 bits per heavy atom. The Morgan fingerprint density at radius 3 is 2.67 bits per heavy atom. The molecule has 3 aromatic carbocycles. The van der Waals surface area contributed by atoms with Gasteiger partial charge in [0, 0.05) is 50.4 Å². The van der Waals surface area contributed by atoms with Gasteiger partial charge in [0.2, 0.25) is 11.8 Å². The second-order valence-corrected chi connectivity index (χ2v) is 13.2. The lowest BCUT2D eigenvalue weighted by Gasteiger charge is -2.39. The summed E-state index contributed by atoms with van der Waals surface area (Å²) in [5.74, 6) is -1.26. The number of carbonyl (C=O) groups excluding carboxylic acids is 4. The SMILES string of the molecule is CC(C)N(C)C(=O)c1cc2cc(c1)C(=O)N(C)CC(=O)N[C@@H]1CN(C(=O)COCc3nc4ccccc4[nH]3)CC[C@@H]1OCc1cc(F)cc(c1)O2. The number of aromatic amines is 1. The summed E-state index contributed by atoms with van der Waals surface area (Å²) in [5, 5.41) is 2.95. The first kappa shape index (κ1) is 35.5. The molecule has 0 unspecified atom stereocenters. The molecule has 2 N–H and O–H groups in total. The lowest BCUT2D eigenvalue weighted by molar-refractivity contribution is -0.142. The average Bonchev–Trinajstić information content (AvgIpc) is 3.52. The summed E-state index contributed by atoms with van der Waals surface area (Å²) in [4.78, 5) is 65.5. The van der Waals surface area contributed by atoms with Crippen LogP contribution in [-0.2, 0) is 32.3 Å². The van der Waals surface area contributed by atoms with Crippen LogP contribution in [-0.4, -0.2) is 107 Å². The van der Waals surface area contributed by atoms with Crippen LogP contribution in [0.1, 0.15) is 52.4 Å². The Hall–Kier alpha value is -5.34. The molecule has 4 amide bonds. The highest BCUT2D eigenvalue weighted by molar-refractivity contribution is 6.01. The maximum Gasteiger partial charge on any atom is 0.254 e. The number of hydrogen-bond acceptors (Lipinski definition) is 8. The van der Waals surface area contributed by atoms with Gasteiger partial charge in [-0.1, -0.05) is 12.1 Å². The van der Waals surface area contributed by atoms with Crippen molar-refractivity contribution in [2.45, 2.75) is 51.7 Å². The number of ether oxygens (including phenoxy) is 3. The fourth-order valence-electron chi connectivity index (χ4n) is 6.10. The van der Waals surface area contributed by atoms with Gasteiger partial charge in [-0.2, -0.15) is 0 Å². The van der Waals surface area contributed by atoms with Crippen LogP contribution in [0.15, 0.2) is 60.7 Å². The van der Waals surface area contributed by atoms with Gasteiger partial charge in [0.15, 0.2) is 0 Å². The molecule has 3 heterocycles. The van der Waals surface area contributed by atoms with Crippen LogP contribution in [0, 0.1) is 5.82 Å². The van der Waals surface area contributed by atoms with Crippen LogP contribution in [0.25, 0.3) is 11.0 Å². The molecule has 2 atom stereocenters. The predicted molar refractivity (Wildman–Crippen MR) is 185 cm³/mol. The third kappa shape index (κ3) is 8.52. The molecule has 1 saturated heterocycles. The van der Waals surface area contributed by atoms with E-state index in [0.717, 1.165) is 11.0 Å². The van der Waals surface area contributed by atoms with E-state index < -0.39 is 29.8 Å². The van der Waals surface area contributed by atoms with Crippen molar-refractivity contribution < 1.29 is 37.8 Å². The van der Waals surface area contributed by atoms with Gasteiger partial charge >= 0.3 is 0 Å². The molecule has 1 fully saturated rings. The van der Waals surface area contributed by atoms with E-state index in [-0.39, 0.29) is 73.4 Å². The first-order chi connectivity index (χ1) is 24.4. The average molecular weight is 701 g/mol. The highest BCUT2D eigenvalue weighted by Gasteiger charge is 2.34. The van der Waals surface area contributed by atoms with Crippen molar-refractivity contribution in [1.29, 1.82) is 0 Å². The number of nitrogens with one attached hydrogen (secondary N) is 2. The minimum Gasteiger partial charge on any atom is -0.457 e. The fraction of sp³-hybridized carbons (Fsp3) is 0.378. The van der Waals surface area contributed by atoms with Crippen molar-refractivity contribution in [2.75, 3.05) is 40.3 Å². The summed E-state index contributed by atoms with van der Waals surface area (Å²) in [6.07, 6.45) is -0.129. The number of carbonyl (C=O) groups is 4. The number of amides is 4. The molecule has 6 rings (SSSR count). The van der Waals surface area contributed by atoms with Crippen molar-refractivity contribution in [3.63, 3.8) is 0 Å². The van der Waals surface area contributed by atoms with E-state index >= 15 is 0 Å². The zero-order chi connectivity index (χ0) is 36.2. The van der Waals surface area contributed by atoms with E-state index in [1.165, 1.54) is 47.2 Å². The molecule has 0 radical (unpaired) electrons. The highest BCUT2D eigenvalue weighted by atomic mass is 19.1. The largest absolute Gasteiger partial charge is 0.457 e. The molecule has 2 aliphatic heterocycles. The Balaban J connectivity index is 1.20. The van der Waals surface area contributed by atoms with Gasteiger partial charge < -0.3 is 39.2 Å². The van der Waals surface area contributed by atoms with Crippen molar-refractivity contribution in [3.8, 4) is 11.5 Å². The van der Waals surface area contributed by atoms with Gasteiger partial charge in [0.05, 0.1) is 36.3 Å². The molecule has 268 valence electrons. The lowest BCUT2D eigenvalue weighted by Crippen LogP contribution is -2.58. The summed E-state index contributed by atoms with van der Waals surface area (Å²) >= 11 is 0. The number of aromatic nitrogens is 2. The number of likely N-dealkylation sites (N-methyl/N-ethyl adjacent to an activating group) is 1. The molecule has 4 bridgehead atoms. The Bertz CT molecular complexity index is 1910. The summed E-state index contributed by atoms with van der Waals surface area (Å²) in [7, 11) is 3.13. The van der Waals surface area contributed by atoms with Gasteiger partial charge in [0.25, 0.3) is 11.8 Å². The molecule has 13 nitrogen and oxygen atoms in total. The van der Waals surface area contributed by atoms with Crippen molar-refractivity contribution >= 4 is 34.7 Å². The van der Waals surface area contributed by atoms with E-state index in [2.05, 4.69) is 15.3 Å². The zero-order valence-electron chi connectivity index (χ0n) is 29.0. The van der Waals surface area contributed by atoms with Crippen LogP contribution >= 0.6 is 0 Å². The van der Waals surface area contributed by atoms with Crippen molar-refractivity contribution in [1.82, 2.24) is 30.0 Å². The normalized spacial score (nSPS) is 18.3. The zero-order valence-corrected chi connectivity index (χ0v) is 29.0. The summed E-state index contributed by atoms with van der Waals surface area (Å²) in [5.41, 5.74) is 2.46. The monoisotopic (exact) mass is 700 g/mol. The third-order valence-corrected chi connectivity index (χ3v) is 9.00. The molecule has 1 aromatic heterocycles. The number of halogens is 1. The fourth-order valence-corrected chi connectivity index (χ4v) is 6.10. The number of benzene rings is 3.